The number of esters is 2. The summed E-state index contributed by atoms with van der Waals surface area (Å²) >= 11 is 0. The second-order valence-electron chi connectivity index (χ2n) is 8.63. The van der Waals surface area contributed by atoms with Gasteiger partial charge < -0.3 is 14.2 Å². The molecular weight excluding hydrogens is 416 g/mol. The summed E-state index contributed by atoms with van der Waals surface area (Å²) in [6.07, 6.45) is 11.6. The molecule has 3 rings (SSSR count). The van der Waals surface area contributed by atoms with E-state index < -0.39 is 11.9 Å². The highest BCUT2D eigenvalue weighted by Crippen LogP contribution is 2.38. The number of benzene rings is 2. The third kappa shape index (κ3) is 7.77. The summed E-state index contributed by atoms with van der Waals surface area (Å²) in [7, 11) is 0. The van der Waals surface area contributed by atoms with Crippen molar-refractivity contribution in [1.82, 2.24) is 0 Å². The maximum Gasteiger partial charge on any atom is 0.343 e. The van der Waals surface area contributed by atoms with E-state index in [0.717, 1.165) is 12.0 Å². The SMILES string of the molecule is C=CC(=O)OCOc1ccc(C(=O)Oc2ccc(C3CCC(CCCCC)CC3)cc2)cc1. The van der Waals surface area contributed by atoms with Crippen LogP contribution in [-0.2, 0) is 9.53 Å². The Balaban J connectivity index is 1.45. The lowest BCUT2D eigenvalue weighted by molar-refractivity contribution is -0.144. The van der Waals surface area contributed by atoms with Crippen LogP contribution in [0, 0.1) is 5.92 Å². The predicted octanol–water partition coefficient (Wildman–Crippen LogP) is 6.83. The highest BCUT2D eigenvalue weighted by molar-refractivity contribution is 5.91. The molecule has 1 aliphatic rings. The van der Waals surface area contributed by atoms with Crippen molar-refractivity contribution in [1.29, 1.82) is 0 Å². The van der Waals surface area contributed by atoms with E-state index in [-0.39, 0.29) is 6.79 Å². The molecule has 0 aliphatic heterocycles. The molecule has 1 saturated carbocycles. The van der Waals surface area contributed by atoms with Crippen LogP contribution >= 0.6 is 0 Å². The van der Waals surface area contributed by atoms with Crippen LogP contribution in [0.5, 0.6) is 11.5 Å². The van der Waals surface area contributed by atoms with Crippen molar-refractivity contribution in [3.63, 3.8) is 0 Å². The lowest BCUT2D eigenvalue weighted by Gasteiger charge is -2.29. The maximum absolute atomic E-state index is 12.5. The van der Waals surface area contributed by atoms with E-state index in [1.165, 1.54) is 56.9 Å². The highest BCUT2D eigenvalue weighted by Gasteiger charge is 2.22. The first-order valence-corrected chi connectivity index (χ1v) is 11.9. The van der Waals surface area contributed by atoms with E-state index >= 15 is 0 Å². The zero-order chi connectivity index (χ0) is 23.5. The Morgan fingerprint density at radius 3 is 2.24 bits per heavy atom. The molecular formula is C28H34O5. The van der Waals surface area contributed by atoms with Gasteiger partial charge in [-0.15, -0.1) is 0 Å². The summed E-state index contributed by atoms with van der Waals surface area (Å²) in [5.41, 5.74) is 1.75. The van der Waals surface area contributed by atoms with Crippen molar-refractivity contribution in [3.05, 3.63) is 72.3 Å². The minimum atomic E-state index is -0.559. The van der Waals surface area contributed by atoms with Gasteiger partial charge in [0.25, 0.3) is 0 Å². The Hall–Kier alpha value is -3.08. The second kappa shape index (κ2) is 12.8. The van der Waals surface area contributed by atoms with Crippen LogP contribution in [0.15, 0.2) is 61.2 Å². The summed E-state index contributed by atoms with van der Waals surface area (Å²) in [5.74, 6) is 1.53. The fraction of sp³-hybridized carbons (Fsp3) is 0.429. The van der Waals surface area contributed by atoms with Gasteiger partial charge in [-0.05, 0) is 79.5 Å². The zero-order valence-corrected chi connectivity index (χ0v) is 19.5. The first-order chi connectivity index (χ1) is 16.1. The fourth-order valence-electron chi connectivity index (χ4n) is 4.34. The van der Waals surface area contributed by atoms with Gasteiger partial charge in [-0.1, -0.05) is 51.3 Å². The summed E-state index contributed by atoms with van der Waals surface area (Å²) in [4.78, 5) is 23.5. The highest BCUT2D eigenvalue weighted by atomic mass is 16.7. The molecule has 0 heterocycles. The molecule has 33 heavy (non-hydrogen) atoms. The average Bonchev–Trinajstić information content (AvgIpc) is 2.85. The zero-order valence-electron chi connectivity index (χ0n) is 19.5. The summed E-state index contributed by atoms with van der Waals surface area (Å²) in [6, 6.07) is 14.4. The van der Waals surface area contributed by atoms with Crippen LogP contribution in [0.2, 0.25) is 0 Å². The van der Waals surface area contributed by atoms with Gasteiger partial charge in [-0.25, -0.2) is 9.59 Å². The van der Waals surface area contributed by atoms with Gasteiger partial charge in [0.05, 0.1) is 5.56 Å². The van der Waals surface area contributed by atoms with Crippen LogP contribution in [-0.4, -0.2) is 18.7 Å². The quantitative estimate of drug-likeness (QED) is 0.123. The number of carbonyl (C=O) groups is 2. The van der Waals surface area contributed by atoms with Crippen LogP contribution in [0.4, 0.5) is 0 Å². The largest absolute Gasteiger partial charge is 0.457 e. The first-order valence-electron chi connectivity index (χ1n) is 11.9. The number of carbonyl (C=O) groups excluding carboxylic acids is 2. The molecule has 0 spiro atoms. The molecule has 0 saturated heterocycles. The number of unbranched alkanes of at least 4 members (excludes halogenated alkanes) is 2. The van der Waals surface area contributed by atoms with Gasteiger partial charge in [-0.3, -0.25) is 0 Å². The maximum atomic E-state index is 12.5. The third-order valence-electron chi connectivity index (χ3n) is 6.31. The van der Waals surface area contributed by atoms with Gasteiger partial charge in [0.15, 0.2) is 0 Å². The predicted molar refractivity (Wildman–Crippen MR) is 128 cm³/mol. The number of rotatable bonds is 11. The Bertz CT molecular complexity index is 893. The number of hydrogen-bond donors (Lipinski definition) is 0. The number of hydrogen-bond acceptors (Lipinski definition) is 5. The summed E-state index contributed by atoms with van der Waals surface area (Å²) < 4.78 is 15.6. The molecule has 0 unspecified atom stereocenters. The molecule has 2 aromatic carbocycles. The van der Waals surface area contributed by atoms with E-state index in [1.54, 1.807) is 24.3 Å². The van der Waals surface area contributed by atoms with E-state index in [1.807, 2.05) is 12.1 Å². The molecule has 0 bridgehead atoms. The van der Waals surface area contributed by atoms with Crippen molar-refractivity contribution < 1.29 is 23.8 Å². The normalized spacial score (nSPS) is 17.7. The monoisotopic (exact) mass is 450 g/mol. The molecule has 176 valence electrons. The van der Waals surface area contributed by atoms with Crippen LogP contribution < -0.4 is 9.47 Å². The van der Waals surface area contributed by atoms with Crippen LogP contribution in [0.1, 0.15) is 80.1 Å². The lowest BCUT2D eigenvalue weighted by Crippen LogP contribution is -2.13. The van der Waals surface area contributed by atoms with Gasteiger partial charge in [-0.2, -0.15) is 0 Å². The molecule has 5 nitrogen and oxygen atoms in total. The van der Waals surface area contributed by atoms with E-state index in [9.17, 15) is 9.59 Å². The Morgan fingerprint density at radius 1 is 0.939 bits per heavy atom. The smallest absolute Gasteiger partial charge is 0.343 e. The standard InChI is InChI=1S/C28H34O5/c1-3-5-6-7-21-8-10-22(11-9-21)23-12-18-26(19-13-23)33-28(30)24-14-16-25(17-15-24)31-20-32-27(29)4-2/h4,12-19,21-22H,2-3,5-11,20H2,1H3. The van der Waals surface area contributed by atoms with Crippen molar-refractivity contribution in [2.24, 2.45) is 5.92 Å². The molecule has 0 aromatic heterocycles. The summed E-state index contributed by atoms with van der Waals surface area (Å²) in [5, 5.41) is 0. The molecule has 0 atom stereocenters. The average molecular weight is 451 g/mol. The molecule has 0 amide bonds. The Morgan fingerprint density at radius 2 is 1.61 bits per heavy atom. The van der Waals surface area contributed by atoms with Gasteiger partial charge in [0.2, 0.25) is 6.79 Å². The molecule has 1 fully saturated rings. The van der Waals surface area contributed by atoms with E-state index in [0.29, 0.717) is 23.0 Å². The minimum Gasteiger partial charge on any atom is -0.457 e. The molecule has 0 radical (unpaired) electrons. The molecule has 2 aromatic rings. The molecule has 0 N–H and O–H groups in total. The molecule has 5 heteroatoms. The lowest BCUT2D eigenvalue weighted by atomic mass is 9.77. The van der Waals surface area contributed by atoms with Crippen LogP contribution in [0.25, 0.3) is 0 Å². The topological polar surface area (TPSA) is 61.8 Å². The van der Waals surface area contributed by atoms with Crippen molar-refractivity contribution in [2.75, 3.05) is 6.79 Å². The van der Waals surface area contributed by atoms with E-state index in [2.05, 4.69) is 25.6 Å². The first kappa shape index (κ1) is 24.6. The van der Waals surface area contributed by atoms with Gasteiger partial charge >= 0.3 is 11.9 Å². The third-order valence-corrected chi connectivity index (χ3v) is 6.31. The van der Waals surface area contributed by atoms with Gasteiger partial charge in [0, 0.05) is 6.08 Å². The minimum absolute atomic E-state index is 0.221. The Labute approximate surface area is 196 Å². The van der Waals surface area contributed by atoms with Crippen molar-refractivity contribution >= 4 is 11.9 Å². The number of ether oxygens (including phenoxy) is 3. The van der Waals surface area contributed by atoms with Gasteiger partial charge in [0.1, 0.15) is 11.5 Å². The fourth-order valence-corrected chi connectivity index (χ4v) is 4.34. The van der Waals surface area contributed by atoms with Crippen molar-refractivity contribution in [3.8, 4) is 11.5 Å². The van der Waals surface area contributed by atoms with E-state index in [4.69, 9.17) is 14.2 Å². The van der Waals surface area contributed by atoms with Crippen LogP contribution in [0.3, 0.4) is 0 Å². The summed E-state index contributed by atoms with van der Waals surface area (Å²) in [6.45, 7) is 5.35. The molecule has 1 aliphatic carbocycles. The second-order valence-corrected chi connectivity index (χ2v) is 8.63. The Kier molecular flexibility index (Phi) is 9.55. The van der Waals surface area contributed by atoms with Crippen molar-refractivity contribution in [2.45, 2.75) is 64.2 Å².